The van der Waals surface area contributed by atoms with Crippen LogP contribution in [0, 0.1) is 11.6 Å². The molecule has 25 heavy (non-hydrogen) atoms. The summed E-state index contributed by atoms with van der Waals surface area (Å²) in [4.78, 5) is 2.27. The monoisotopic (exact) mass is 345 g/mol. The number of rotatable bonds is 6. The molecule has 0 aliphatic carbocycles. The van der Waals surface area contributed by atoms with Crippen LogP contribution in [0.15, 0.2) is 48.5 Å². The zero-order valence-electron chi connectivity index (χ0n) is 14.7. The number of likely N-dealkylation sites (tertiary alicyclic amines) is 1. The van der Waals surface area contributed by atoms with Gasteiger partial charge in [-0.25, -0.2) is 8.78 Å². The second kappa shape index (κ2) is 8.07. The van der Waals surface area contributed by atoms with E-state index >= 15 is 0 Å². The van der Waals surface area contributed by atoms with Crippen molar-refractivity contribution in [3.05, 3.63) is 71.3 Å². The van der Waals surface area contributed by atoms with Crippen molar-refractivity contribution < 1.29 is 13.5 Å². The van der Waals surface area contributed by atoms with Crippen molar-refractivity contribution in [2.45, 2.75) is 44.9 Å². The predicted octanol–water partition coefficient (Wildman–Crippen LogP) is 4.93. The summed E-state index contributed by atoms with van der Waals surface area (Å²) in [6.45, 7) is 4.24. The molecule has 1 heterocycles. The van der Waals surface area contributed by atoms with Gasteiger partial charge in [0.15, 0.2) is 0 Å². The highest BCUT2D eigenvalue weighted by atomic mass is 19.1. The first-order valence-electron chi connectivity index (χ1n) is 8.94. The Balaban J connectivity index is 1.64. The molecular formula is C21H25F2NO. The van der Waals surface area contributed by atoms with E-state index in [0.717, 1.165) is 37.4 Å². The van der Waals surface area contributed by atoms with Crippen molar-refractivity contribution in [2.24, 2.45) is 0 Å². The first-order chi connectivity index (χ1) is 12.1. The third-order valence-electron chi connectivity index (χ3n) is 5.04. The number of piperidine rings is 1. The third-order valence-corrected chi connectivity index (χ3v) is 5.04. The van der Waals surface area contributed by atoms with Gasteiger partial charge in [-0.2, -0.15) is 0 Å². The first-order valence-corrected chi connectivity index (χ1v) is 8.94. The minimum atomic E-state index is -0.391. The van der Waals surface area contributed by atoms with Gasteiger partial charge in [0.2, 0.25) is 0 Å². The van der Waals surface area contributed by atoms with Gasteiger partial charge in [-0.3, -0.25) is 4.90 Å². The molecule has 3 rings (SSSR count). The highest BCUT2D eigenvalue weighted by Crippen LogP contribution is 2.30. The average Bonchev–Trinajstić information content (AvgIpc) is 2.63. The summed E-state index contributed by atoms with van der Waals surface area (Å²) in [5.41, 5.74) is 1.21. The minimum Gasteiger partial charge on any atom is -0.356 e. The molecule has 1 saturated heterocycles. The van der Waals surface area contributed by atoms with Crippen LogP contribution in [0.5, 0.6) is 0 Å². The Kier molecular flexibility index (Phi) is 5.82. The molecule has 1 aliphatic rings. The van der Waals surface area contributed by atoms with Gasteiger partial charge in [0.1, 0.15) is 17.4 Å². The molecule has 0 amide bonds. The Morgan fingerprint density at radius 1 is 1.08 bits per heavy atom. The lowest BCUT2D eigenvalue weighted by Gasteiger charge is -2.44. The quantitative estimate of drug-likeness (QED) is 0.736. The summed E-state index contributed by atoms with van der Waals surface area (Å²) < 4.78 is 33.5. The van der Waals surface area contributed by atoms with Gasteiger partial charge in [0.05, 0.1) is 6.61 Å². The standard InChI is InChI=1S/C21H25F2NO/c1-21(25-16-17-7-3-2-4-8-17)12-5-6-13-24(21)14-11-18-15-19(22)9-10-20(18)23/h2-4,7-10,15H,5-6,11-14,16H2,1H3. The number of halogens is 2. The van der Waals surface area contributed by atoms with E-state index in [4.69, 9.17) is 4.74 Å². The Hall–Kier alpha value is -1.78. The van der Waals surface area contributed by atoms with Gasteiger partial charge in [0.25, 0.3) is 0 Å². The maximum Gasteiger partial charge on any atom is 0.126 e. The lowest BCUT2D eigenvalue weighted by molar-refractivity contribution is -0.170. The molecule has 1 atom stereocenters. The molecule has 0 aromatic heterocycles. The Bertz CT molecular complexity index is 692. The molecule has 0 bridgehead atoms. The molecule has 2 nitrogen and oxygen atoms in total. The van der Waals surface area contributed by atoms with Crippen LogP contribution in [-0.4, -0.2) is 23.7 Å². The molecule has 0 saturated carbocycles. The normalized spacial score (nSPS) is 21.4. The van der Waals surface area contributed by atoms with E-state index in [0.29, 0.717) is 25.1 Å². The Morgan fingerprint density at radius 3 is 2.68 bits per heavy atom. The zero-order valence-corrected chi connectivity index (χ0v) is 14.7. The highest BCUT2D eigenvalue weighted by molar-refractivity contribution is 5.19. The average molecular weight is 345 g/mol. The Morgan fingerprint density at radius 2 is 1.88 bits per heavy atom. The van der Waals surface area contributed by atoms with E-state index in [9.17, 15) is 8.78 Å². The molecule has 134 valence electrons. The number of hydrogen-bond donors (Lipinski definition) is 0. The first kappa shape index (κ1) is 18.0. The fourth-order valence-corrected chi connectivity index (χ4v) is 3.47. The van der Waals surface area contributed by atoms with Crippen LogP contribution in [0.1, 0.15) is 37.3 Å². The molecule has 1 unspecified atom stereocenters. The third kappa shape index (κ3) is 4.65. The summed E-state index contributed by atoms with van der Waals surface area (Å²) in [5.74, 6) is -0.733. The van der Waals surface area contributed by atoms with E-state index in [1.165, 1.54) is 12.1 Å². The topological polar surface area (TPSA) is 12.5 Å². The highest BCUT2D eigenvalue weighted by Gasteiger charge is 2.35. The molecule has 4 heteroatoms. The molecule has 0 radical (unpaired) electrons. The van der Waals surface area contributed by atoms with Crippen molar-refractivity contribution in [1.82, 2.24) is 4.90 Å². The number of nitrogens with zero attached hydrogens (tertiary/aromatic N) is 1. The molecule has 0 spiro atoms. The van der Waals surface area contributed by atoms with Gasteiger partial charge < -0.3 is 4.74 Å². The number of benzene rings is 2. The van der Waals surface area contributed by atoms with Crippen LogP contribution < -0.4 is 0 Å². The summed E-state index contributed by atoms with van der Waals surface area (Å²) in [6, 6.07) is 13.8. The second-order valence-corrected chi connectivity index (χ2v) is 6.88. The van der Waals surface area contributed by atoms with Crippen LogP contribution in [0.25, 0.3) is 0 Å². The maximum absolute atomic E-state index is 13.9. The molecule has 2 aromatic carbocycles. The van der Waals surface area contributed by atoms with Crippen LogP contribution in [0.3, 0.4) is 0 Å². The lowest BCUT2D eigenvalue weighted by Crippen LogP contribution is -2.52. The van der Waals surface area contributed by atoms with Crippen LogP contribution in [-0.2, 0) is 17.8 Å². The number of hydrogen-bond acceptors (Lipinski definition) is 2. The Labute approximate surface area is 148 Å². The number of ether oxygens (including phenoxy) is 1. The van der Waals surface area contributed by atoms with Gasteiger partial charge in [-0.05, 0) is 61.9 Å². The van der Waals surface area contributed by atoms with Crippen LogP contribution in [0.2, 0.25) is 0 Å². The molecule has 2 aromatic rings. The summed E-state index contributed by atoms with van der Waals surface area (Å²) in [6.07, 6.45) is 3.66. The molecule has 1 aliphatic heterocycles. The van der Waals surface area contributed by atoms with Gasteiger partial charge in [-0.1, -0.05) is 30.3 Å². The minimum absolute atomic E-state index is 0.342. The smallest absolute Gasteiger partial charge is 0.126 e. The van der Waals surface area contributed by atoms with E-state index in [1.54, 1.807) is 0 Å². The maximum atomic E-state index is 13.9. The van der Waals surface area contributed by atoms with E-state index < -0.39 is 5.82 Å². The van der Waals surface area contributed by atoms with Crippen LogP contribution >= 0.6 is 0 Å². The molecule has 1 fully saturated rings. The van der Waals surface area contributed by atoms with Crippen molar-refractivity contribution in [2.75, 3.05) is 13.1 Å². The predicted molar refractivity (Wildman–Crippen MR) is 95.1 cm³/mol. The van der Waals surface area contributed by atoms with Gasteiger partial charge in [0, 0.05) is 13.1 Å². The molecule has 0 N–H and O–H groups in total. The summed E-state index contributed by atoms with van der Waals surface area (Å²) in [7, 11) is 0. The van der Waals surface area contributed by atoms with Gasteiger partial charge >= 0.3 is 0 Å². The lowest BCUT2D eigenvalue weighted by atomic mass is 9.98. The fraction of sp³-hybridized carbons (Fsp3) is 0.429. The summed E-state index contributed by atoms with van der Waals surface area (Å²) >= 11 is 0. The van der Waals surface area contributed by atoms with E-state index in [1.807, 2.05) is 18.2 Å². The SMILES string of the molecule is CC1(OCc2ccccc2)CCCCN1CCc1cc(F)ccc1F. The largest absolute Gasteiger partial charge is 0.356 e. The van der Waals surface area contributed by atoms with Crippen LogP contribution in [0.4, 0.5) is 8.78 Å². The molecular weight excluding hydrogens is 320 g/mol. The fourth-order valence-electron chi connectivity index (χ4n) is 3.47. The van der Waals surface area contributed by atoms with E-state index in [-0.39, 0.29) is 11.5 Å². The van der Waals surface area contributed by atoms with Gasteiger partial charge in [-0.15, -0.1) is 0 Å². The summed E-state index contributed by atoms with van der Waals surface area (Å²) in [5, 5.41) is 0. The second-order valence-electron chi connectivity index (χ2n) is 6.88. The zero-order chi connectivity index (χ0) is 17.7. The van der Waals surface area contributed by atoms with Crippen molar-refractivity contribution in [3.8, 4) is 0 Å². The van der Waals surface area contributed by atoms with Crippen molar-refractivity contribution >= 4 is 0 Å². The van der Waals surface area contributed by atoms with E-state index in [2.05, 4.69) is 24.0 Å². The van der Waals surface area contributed by atoms with Crippen molar-refractivity contribution in [3.63, 3.8) is 0 Å². The van der Waals surface area contributed by atoms with Crippen molar-refractivity contribution in [1.29, 1.82) is 0 Å².